The third kappa shape index (κ3) is 7.62. The average molecular weight is 619 g/mol. The summed E-state index contributed by atoms with van der Waals surface area (Å²) in [6.45, 7) is 8.44. The first kappa shape index (κ1) is 31.5. The number of hydrogen-bond donors (Lipinski definition) is 1. The quantitative estimate of drug-likeness (QED) is 0.188. The normalized spacial score (nSPS) is 14.2. The van der Waals surface area contributed by atoms with Gasteiger partial charge in [-0.05, 0) is 55.9 Å². The summed E-state index contributed by atoms with van der Waals surface area (Å²) < 4.78 is 48.3. The third-order valence-corrected chi connectivity index (χ3v) is 7.49. The molecule has 13 heteroatoms. The first-order chi connectivity index (χ1) is 21.5. The number of likely N-dealkylation sites (N-methyl/N-ethyl adjacent to an activating group) is 1. The van der Waals surface area contributed by atoms with E-state index in [-0.39, 0.29) is 23.6 Å². The van der Waals surface area contributed by atoms with E-state index in [1.807, 2.05) is 18.0 Å². The molecule has 0 bridgehead atoms. The molecule has 5 rings (SSSR count). The maximum atomic E-state index is 14.1. The summed E-state index contributed by atoms with van der Waals surface area (Å²) in [4.78, 5) is 30.6. The molecule has 0 aliphatic carbocycles. The van der Waals surface area contributed by atoms with E-state index >= 15 is 0 Å². The summed E-state index contributed by atoms with van der Waals surface area (Å²) in [6, 6.07) is 13.8. The second-order valence-corrected chi connectivity index (χ2v) is 10.7. The summed E-state index contributed by atoms with van der Waals surface area (Å²) in [7, 11) is 3.68. The van der Waals surface area contributed by atoms with Crippen LogP contribution in [0, 0.1) is 6.92 Å². The predicted molar refractivity (Wildman–Crippen MR) is 167 cm³/mol. The maximum absolute atomic E-state index is 14.1. The molecule has 1 aliphatic heterocycles. The SMILES string of the molecule is C=NN(C)c1nc(-c2cccnc2)nc(Oc2cccc(NC(=O)c3ccc(CN4CCN(C)CC4)c(C(F)(F)F)c3)c2)c1C. The number of piperazine rings is 1. The highest BCUT2D eigenvalue weighted by Gasteiger charge is 2.34. The molecule has 0 spiro atoms. The lowest BCUT2D eigenvalue weighted by Gasteiger charge is -2.33. The largest absolute Gasteiger partial charge is 0.438 e. The number of anilines is 2. The number of hydrazone groups is 1. The number of benzene rings is 2. The number of aromatic nitrogens is 3. The monoisotopic (exact) mass is 618 g/mol. The summed E-state index contributed by atoms with van der Waals surface area (Å²) in [5.74, 6) is 0.723. The van der Waals surface area contributed by atoms with Gasteiger partial charge in [-0.2, -0.15) is 23.3 Å². The fourth-order valence-corrected chi connectivity index (χ4v) is 4.91. The Hall–Kier alpha value is -4.88. The van der Waals surface area contributed by atoms with Crippen molar-refractivity contribution in [3.63, 3.8) is 0 Å². The number of hydrogen-bond acceptors (Lipinski definition) is 9. The van der Waals surface area contributed by atoms with E-state index in [0.29, 0.717) is 47.3 Å². The van der Waals surface area contributed by atoms with Crippen molar-refractivity contribution >= 4 is 24.1 Å². The standard InChI is InChI=1S/C32H33F3N8O2/c1-21-29(42(4)36-2)39-28(23-7-6-12-37-19-23)40-31(21)45-26-9-5-8-25(18-26)38-30(44)22-10-11-24(27(17-22)32(33,34)35)20-43-15-13-41(3)14-16-43/h5-12,17-19H,2,13-16,20H2,1,3-4H3,(H,38,44). The zero-order valence-corrected chi connectivity index (χ0v) is 25.2. The van der Waals surface area contributed by atoms with Crippen LogP contribution in [0.5, 0.6) is 11.6 Å². The van der Waals surface area contributed by atoms with Gasteiger partial charge < -0.3 is 15.0 Å². The molecule has 0 radical (unpaired) electrons. The fraction of sp³-hybridized carbons (Fsp3) is 0.281. The number of carbonyl (C=O) groups is 1. The van der Waals surface area contributed by atoms with Crippen molar-refractivity contribution < 1.29 is 22.7 Å². The molecule has 4 aromatic rings. The van der Waals surface area contributed by atoms with Gasteiger partial charge in [-0.15, -0.1) is 0 Å². The second kappa shape index (κ2) is 13.4. The molecule has 1 aliphatic rings. The lowest BCUT2D eigenvalue weighted by molar-refractivity contribution is -0.138. The van der Waals surface area contributed by atoms with E-state index in [0.717, 1.165) is 19.2 Å². The summed E-state index contributed by atoms with van der Waals surface area (Å²) >= 11 is 0. The van der Waals surface area contributed by atoms with Crippen molar-refractivity contribution in [3.05, 3.63) is 89.2 Å². The molecule has 0 atom stereocenters. The minimum atomic E-state index is -4.61. The Bertz CT molecular complexity index is 1680. The van der Waals surface area contributed by atoms with Crippen LogP contribution in [0.3, 0.4) is 0 Å². The van der Waals surface area contributed by atoms with Gasteiger partial charge in [0.1, 0.15) is 5.75 Å². The summed E-state index contributed by atoms with van der Waals surface area (Å²) in [5.41, 5.74) is 0.800. The molecule has 2 aromatic heterocycles. The van der Waals surface area contributed by atoms with Crippen LogP contribution in [-0.4, -0.2) is 77.7 Å². The zero-order valence-electron chi connectivity index (χ0n) is 25.2. The number of pyridine rings is 1. The van der Waals surface area contributed by atoms with Crippen LogP contribution in [-0.2, 0) is 12.7 Å². The number of alkyl halides is 3. The Kier molecular flexibility index (Phi) is 9.40. The van der Waals surface area contributed by atoms with E-state index in [9.17, 15) is 18.0 Å². The number of nitrogens with one attached hydrogen (secondary N) is 1. The second-order valence-electron chi connectivity index (χ2n) is 10.7. The number of carbonyl (C=O) groups excluding carboxylic acids is 1. The minimum Gasteiger partial charge on any atom is -0.438 e. The first-order valence-corrected chi connectivity index (χ1v) is 14.2. The van der Waals surface area contributed by atoms with Gasteiger partial charge in [-0.3, -0.25) is 19.7 Å². The summed E-state index contributed by atoms with van der Waals surface area (Å²) in [6.07, 6.45) is -1.34. The van der Waals surface area contributed by atoms with Gasteiger partial charge >= 0.3 is 6.18 Å². The molecule has 2 aromatic carbocycles. The van der Waals surface area contributed by atoms with Crippen LogP contribution < -0.4 is 15.1 Å². The molecule has 1 amide bonds. The molecule has 234 valence electrons. The van der Waals surface area contributed by atoms with Gasteiger partial charge in [0.15, 0.2) is 11.6 Å². The smallest absolute Gasteiger partial charge is 0.416 e. The van der Waals surface area contributed by atoms with E-state index in [4.69, 9.17) is 4.74 Å². The molecule has 10 nitrogen and oxygen atoms in total. The van der Waals surface area contributed by atoms with Crippen LogP contribution >= 0.6 is 0 Å². The Balaban J connectivity index is 1.37. The van der Waals surface area contributed by atoms with Gasteiger partial charge in [0.2, 0.25) is 5.88 Å². The van der Waals surface area contributed by atoms with Crippen molar-refractivity contribution in [1.82, 2.24) is 24.8 Å². The van der Waals surface area contributed by atoms with E-state index in [2.05, 4.69) is 37.0 Å². The number of ether oxygens (including phenoxy) is 1. The molecule has 1 saturated heterocycles. The zero-order chi connectivity index (χ0) is 32.1. The minimum absolute atomic E-state index is 0.104. The lowest BCUT2D eigenvalue weighted by Crippen LogP contribution is -2.44. The lowest BCUT2D eigenvalue weighted by atomic mass is 10.0. The van der Waals surface area contributed by atoms with E-state index in [1.165, 1.54) is 17.1 Å². The molecule has 0 unspecified atom stereocenters. The van der Waals surface area contributed by atoms with Gasteiger partial charge in [-0.25, -0.2) is 4.98 Å². The van der Waals surface area contributed by atoms with E-state index < -0.39 is 17.6 Å². The molecular formula is C32H33F3N8O2. The van der Waals surface area contributed by atoms with Gasteiger partial charge in [0.25, 0.3) is 5.91 Å². The van der Waals surface area contributed by atoms with Gasteiger partial charge in [-0.1, -0.05) is 12.1 Å². The van der Waals surface area contributed by atoms with Crippen molar-refractivity contribution in [1.29, 1.82) is 0 Å². The molecule has 1 fully saturated rings. The number of halogens is 3. The maximum Gasteiger partial charge on any atom is 0.416 e. The number of amides is 1. The predicted octanol–water partition coefficient (Wildman–Crippen LogP) is 5.71. The van der Waals surface area contributed by atoms with Crippen molar-refractivity contribution in [2.75, 3.05) is 50.6 Å². The highest BCUT2D eigenvalue weighted by Crippen LogP contribution is 2.35. The van der Waals surface area contributed by atoms with Crippen LogP contribution in [0.1, 0.15) is 27.0 Å². The number of nitrogens with zero attached hydrogens (tertiary/aromatic N) is 7. The van der Waals surface area contributed by atoms with Crippen molar-refractivity contribution in [2.24, 2.45) is 5.10 Å². The fourth-order valence-electron chi connectivity index (χ4n) is 4.91. The van der Waals surface area contributed by atoms with Gasteiger partial charge in [0, 0.05) is 81.8 Å². The van der Waals surface area contributed by atoms with Crippen LogP contribution in [0.15, 0.2) is 72.1 Å². The molecular weight excluding hydrogens is 585 g/mol. The summed E-state index contributed by atoms with van der Waals surface area (Å²) in [5, 5.41) is 8.11. The topological polar surface area (TPSA) is 99.1 Å². The van der Waals surface area contributed by atoms with Crippen LogP contribution in [0.4, 0.5) is 24.7 Å². The molecule has 1 N–H and O–H groups in total. The van der Waals surface area contributed by atoms with E-state index in [1.54, 1.807) is 56.7 Å². The van der Waals surface area contributed by atoms with Gasteiger partial charge in [0.05, 0.1) is 11.1 Å². The third-order valence-electron chi connectivity index (χ3n) is 7.49. The molecule has 3 heterocycles. The Labute approximate surface area is 259 Å². The Morgan fingerprint density at radius 3 is 2.56 bits per heavy atom. The highest BCUT2D eigenvalue weighted by molar-refractivity contribution is 6.04. The van der Waals surface area contributed by atoms with Crippen molar-refractivity contribution in [3.8, 4) is 23.0 Å². The number of rotatable bonds is 9. The Morgan fingerprint density at radius 1 is 1.09 bits per heavy atom. The molecule has 45 heavy (non-hydrogen) atoms. The highest BCUT2D eigenvalue weighted by atomic mass is 19.4. The average Bonchev–Trinajstić information content (AvgIpc) is 3.03. The Morgan fingerprint density at radius 2 is 1.87 bits per heavy atom. The van der Waals surface area contributed by atoms with Crippen LogP contribution in [0.25, 0.3) is 11.4 Å². The van der Waals surface area contributed by atoms with Crippen molar-refractivity contribution in [2.45, 2.75) is 19.6 Å². The first-order valence-electron chi connectivity index (χ1n) is 14.2. The molecule has 0 saturated carbocycles. The van der Waals surface area contributed by atoms with Crippen LogP contribution in [0.2, 0.25) is 0 Å².